The minimum absolute atomic E-state index is 0.304. The van der Waals surface area contributed by atoms with E-state index in [0.29, 0.717) is 11.1 Å². The van der Waals surface area contributed by atoms with Gasteiger partial charge in [-0.2, -0.15) is 0 Å². The Hall–Kier alpha value is -0.970. The van der Waals surface area contributed by atoms with Crippen LogP contribution in [0.1, 0.15) is 0 Å². The Balaban J connectivity index is 2.54. The number of benzene rings is 2. The Bertz CT molecular complexity index is 474. The first-order valence-corrected chi connectivity index (χ1v) is 5.45. The molecular formula is C12H7F2I. The lowest BCUT2D eigenvalue weighted by Crippen LogP contribution is -1.84. The van der Waals surface area contributed by atoms with E-state index < -0.39 is 0 Å². The molecule has 0 unspecified atom stereocenters. The Morgan fingerprint density at radius 2 is 1.53 bits per heavy atom. The predicted molar refractivity (Wildman–Crippen MR) is 64.5 cm³/mol. The fourth-order valence-corrected chi connectivity index (χ4v) is 2.02. The molecule has 0 amide bonds. The van der Waals surface area contributed by atoms with Crippen molar-refractivity contribution in [2.24, 2.45) is 0 Å². The largest absolute Gasteiger partial charge is 0.207 e. The minimum atomic E-state index is -0.313. The van der Waals surface area contributed by atoms with E-state index in [4.69, 9.17) is 0 Å². The van der Waals surface area contributed by atoms with Gasteiger partial charge in [0, 0.05) is 3.57 Å². The Kier molecular flexibility index (Phi) is 3.00. The molecule has 0 saturated heterocycles. The molecule has 0 atom stereocenters. The monoisotopic (exact) mass is 316 g/mol. The van der Waals surface area contributed by atoms with Gasteiger partial charge in [0.1, 0.15) is 11.6 Å². The van der Waals surface area contributed by atoms with Gasteiger partial charge in [-0.1, -0.05) is 12.1 Å². The van der Waals surface area contributed by atoms with Gasteiger partial charge in [-0.3, -0.25) is 0 Å². The summed E-state index contributed by atoms with van der Waals surface area (Å²) in [5.74, 6) is -0.618. The van der Waals surface area contributed by atoms with E-state index in [1.165, 1.54) is 24.3 Å². The van der Waals surface area contributed by atoms with Crippen LogP contribution >= 0.6 is 22.6 Å². The second kappa shape index (κ2) is 4.26. The Morgan fingerprint density at radius 1 is 0.800 bits per heavy atom. The van der Waals surface area contributed by atoms with Gasteiger partial charge >= 0.3 is 0 Å². The van der Waals surface area contributed by atoms with Crippen LogP contribution in [0.5, 0.6) is 0 Å². The molecule has 0 aliphatic heterocycles. The maximum Gasteiger partial charge on any atom is 0.124 e. The van der Waals surface area contributed by atoms with Gasteiger partial charge in [-0.15, -0.1) is 0 Å². The molecule has 0 bridgehead atoms. The van der Waals surface area contributed by atoms with Crippen molar-refractivity contribution in [3.8, 4) is 11.1 Å². The van der Waals surface area contributed by atoms with Crippen molar-refractivity contribution in [3.05, 3.63) is 57.7 Å². The smallest absolute Gasteiger partial charge is 0.124 e. The molecule has 0 saturated carbocycles. The molecular weight excluding hydrogens is 309 g/mol. The topological polar surface area (TPSA) is 0 Å². The number of rotatable bonds is 1. The molecule has 2 aromatic carbocycles. The third-order valence-corrected chi connectivity index (χ3v) is 2.64. The highest BCUT2D eigenvalue weighted by Gasteiger charge is 2.02. The van der Waals surface area contributed by atoms with Gasteiger partial charge in [0.2, 0.25) is 0 Å². The first-order chi connectivity index (χ1) is 7.15. The average Bonchev–Trinajstić information content (AvgIpc) is 2.16. The molecule has 0 radical (unpaired) electrons. The van der Waals surface area contributed by atoms with E-state index in [0.717, 1.165) is 3.57 Å². The molecule has 0 aliphatic carbocycles. The summed E-state index contributed by atoms with van der Waals surface area (Å²) in [5, 5.41) is 0. The minimum Gasteiger partial charge on any atom is -0.207 e. The van der Waals surface area contributed by atoms with E-state index >= 15 is 0 Å². The molecule has 0 aliphatic rings. The Morgan fingerprint density at radius 3 is 2.20 bits per heavy atom. The van der Waals surface area contributed by atoms with Crippen LogP contribution in [-0.4, -0.2) is 0 Å². The van der Waals surface area contributed by atoms with Crippen molar-refractivity contribution in [2.45, 2.75) is 0 Å². The second-order valence-electron chi connectivity index (χ2n) is 3.17. The summed E-state index contributed by atoms with van der Waals surface area (Å²) in [6.07, 6.45) is 0. The zero-order valence-corrected chi connectivity index (χ0v) is 9.83. The molecule has 2 aromatic rings. The normalized spacial score (nSPS) is 10.3. The molecule has 76 valence electrons. The molecule has 0 heterocycles. The van der Waals surface area contributed by atoms with E-state index in [-0.39, 0.29) is 11.6 Å². The Labute approximate surface area is 100 Å². The van der Waals surface area contributed by atoms with Gasteiger partial charge in [-0.05, 0) is 64.0 Å². The van der Waals surface area contributed by atoms with Crippen LogP contribution in [0.2, 0.25) is 0 Å². The summed E-state index contributed by atoms with van der Waals surface area (Å²) in [5.41, 5.74) is 1.38. The summed E-state index contributed by atoms with van der Waals surface area (Å²) in [4.78, 5) is 0. The van der Waals surface area contributed by atoms with E-state index in [2.05, 4.69) is 0 Å². The standard InChI is InChI=1S/C12H7F2I/c13-10-3-1-2-8(4-10)9-5-11(14)7-12(15)6-9/h1-7H. The maximum atomic E-state index is 13.1. The van der Waals surface area contributed by atoms with Crippen molar-refractivity contribution in [1.29, 1.82) is 0 Å². The SMILES string of the molecule is Fc1cccc(-c2cc(F)cc(I)c2)c1. The average molecular weight is 316 g/mol. The van der Waals surface area contributed by atoms with Crippen LogP contribution in [0.3, 0.4) is 0 Å². The van der Waals surface area contributed by atoms with Crippen molar-refractivity contribution >= 4 is 22.6 Å². The highest BCUT2D eigenvalue weighted by atomic mass is 127. The van der Waals surface area contributed by atoms with Crippen LogP contribution in [-0.2, 0) is 0 Å². The molecule has 3 heteroatoms. The third kappa shape index (κ3) is 2.53. The number of hydrogen-bond acceptors (Lipinski definition) is 0. The molecule has 2 rings (SSSR count). The van der Waals surface area contributed by atoms with Gasteiger partial charge in [-0.25, -0.2) is 8.78 Å². The molecule has 15 heavy (non-hydrogen) atoms. The van der Waals surface area contributed by atoms with Crippen LogP contribution < -0.4 is 0 Å². The van der Waals surface area contributed by atoms with Crippen LogP contribution in [0, 0.1) is 15.2 Å². The van der Waals surface area contributed by atoms with Crippen molar-refractivity contribution in [2.75, 3.05) is 0 Å². The maximum absolute atomic E-state index is 13.1. The van der Waals surface area contributed by atoms with E-state index in [1.807, 2.05) is 28.7 Å². The first kappa shape index (κ1) is 10.5. The van der Waals surface area contributed by atoms with Crippen LogP contribution in [0.15, 0.2) is 42.5 Å². The molecule has 0 nitrogen and oxygen atoms in total. The predicted octanol–water partition coefficient (Wildman–Crippen LogP) is 4.24. The summed E-state index contributed by atoms with van der Waals surface area (Å²) in [6, 6.07) is 10.8. The van der Waals surface area contributed by atoms with Crippen molar-refractivity contribution in [1.82, 2.24) is 0 Å². The molecule has 0 spiro atoms. The van der Waals surface area contributed by atoms with E-state index in [1.54, 1.807) is 12.1 Å². The first-order valence-electron chi connectivity index (χ1n) is 4.37. The number of halogens is 3. The van der Waals surface area contributed by atoms with Crippen molar-refractivity contribution in [3.63, 3.8) is 0 Å². The van der Waals surface area contributed by atoms with Gasteiger partial charge in [0.25, 0.3) is 0 Å². The third-order valence-electron chi connectivity index (χ3n) is 2.02. The fourth-order valence-electron chi connectivity index (χ4n) is 1.39. The van der Waals surface area contributed by atoms with Crippen LogP contribution in [0.25, 0.3) is 11.1 Å². The lowest BCUT2D eigenvalue weighted by atomic mass is 10.1. The second-order valence-corrected chi connectivity index (χ2v) is 4.41. The lowest BCUT2D eigenvalue weighted by molar-refractivity contribution is 0.625. The van der Waals surface area contributed by atoms with Crippen molar-refractivity contribution < 1.29 is 8.78 Å². The van der Waals surface area contributed by atoms with Gasteiger partial charge in [0.15, 0.2) is 0 Å². The lowest BCUT2D eigenvalue weighted by Gasteiger charge is -2.03. The summed E-state index contributed by atoms with van der Waals surface area (Å²) in [6.45, 7) is 0. The quantitative estimate of drug-likeness (QED) is 0.691. The molecule has 0 aromatic heterocycles. The van der Waals surface area contributed by atoms with E-state index in [9.17, 15) is 8.78 Å². The highest BCUT2D eigenvalue weighted by Crippen LogP contribution is 2.23. The van der Waals surface area contributed by atoms with Gasteiger partial charge in [0.05, 0.1) is 0 Å². The molecule has 0 fully saturated rings. The summed E-state index contributed by atoms with van der Waals surface area (Å²) < 4.78 is 26.9. The molecule has 0 N–H and O–H groups in total. The summed E-state index contributed by atoms with van der Waals surface area (Å²) in [7, 11) is 0. The zero-order chi connectivity index (χ0) is 10.8. The van der Waals surface area contributed by atoms with Crippen LogP contribution in [0.4, 0.5) is 8.78 Å². The number of hydrogen-bond donors (Lipinski definition) is 0. The highest BCUT2D eigenvalue weighted by molar-refractivity contribution is 14.1. The fraction of sp³-hybridized carbons (Fsp3) is 0. The zero-order valence-electron chi connectivity index (χ0n) is 7.68. The van der Waals surface area contributed by atoms with Gasteiger partial charge < -0.3 is 0 Å². The summed E-state index contributed by atoms with van der Waals surface area (Å²) >= 11 is 2.03.